The van der Waals surface area contributed by atoms with E-state index in [1.54, 1.807) is 6.20 Å². The maximum atomic E-state index is 5.76. The number of rotatable bonds is 4. The SMILES string of the molecule is CC(CNc1ncncc1N)c1ccccc1. The molecule has 0 saturated heterocycles. The lowest BCUT2D eigenvalue weighted by Crippen LogP contribution is -2.12. The van der Waals surface area contributed by atoms with Crippen LogP contribution in [0.1, 0.15) is 18.4 Å². The maximum Gasteiger partial charge on any atom is 0.152 e. The summed E-state index contributed by atoms with van der Waals surface area (Å²) in [6.07, 6.45) is 3.09. The van der Waals surface area contributed by atoms with E-state index in [0.717, 1.165) is 6.54 Å². The highest BCUT2D eigenvalue weighted by molar-refractivity contribution is 5.59. The van der Waals surface area contributed by atoms with E-state index in [1.807, 2.05) is 18.2 Å². The topological polar surface area (TPSA) is 63.8 Å². The first-order valence-corrected chi connectivity index (χ1v) is 5.61. The number of anilines is 2. The predicted octanol–water partition coefficient (Wildman–Crippen LogP) is 2.27. The van der Waals surface area contributed by atoms with E-state index in [-0.39, 0.29) is 0 Å². The van der Waals surface area contributed by atoms with Gasteiger partial charge < -0.3 is 11.1 Å². The molecule has 17 heavy (non-hydrogen) atoms. The van der Waals surface area contributed by atoms with Crippen LogP contribution in [0, 0.1) is 0 Å². The minimum Gasteiger partial charge on any atom is -0.394 e. The van der Waals surface area contributed by atoms with Gasteiger partial charge in [0.05, 0.1) is 11.9 Å². The number of nitrogens with two attached hydrogens (primary N) is 1. The van der Waals surface area contributed by atoms with Crippen molar-refractivity contribution in [2.75, 3.05) is 17.6 Å². The fourth-order valence-electron chi connectivity index (χ4n) is 1.64. The summed E-state index contributed by atoms with van der Waals surface area (Å²) >= 11 is 0. The number of hydrogen-bond donors (Lipinski definition) is 2. The highest BCUT2D eigenvalue weighted by Crippen LogP contribution is 2.17. The molecule has 1 aromatic carbocycles. The van der Waals surface area contributed by atoms with Crippen molar-refractivity contribution in [3.8, 4) is 0 Å². The van der Waals surface area contributed by atoms with Crippen LogP contribution in [0.15, 0.2) is 42.9 Å². The van der Waals surface area contributed by atoms with Crippen LogP contribution < -0.4 is 11.1 Å². The summed E-state index contributed by atoms with van der Waals surface area (Å²) in [7, 11) is 0. The van der Waals surface area contributed by atoms with E-state index < -0.39 is 0 Å². The molecule has 0 aliphatic carbocycles. The zero-order valence-electron chi connectivity index (χ0n) is 9.80. The first-order valence-electron chi connectivity index (χ1n) is 5.61. The van der Waals surface area contributed by atoms with Crippen molar-refractivity contribution < 1.29 is 0 Å². The summed E-state index contributed by atoms with van der Waals surface area (Å²) in [5, 5.41) is 3.24. The first kappa shape index (κ1) is 11.4. The maximum absolute atomic E-state index is 5.76. The average Bonchev–Trinajstić information content (AvgIpc) is 2.38. The molecule has 0 aliphatic heterocycles. The lowest BCUT2D eigenvalue weighted by molar-refractivity contribution is 0.801. The van der Waals surface area contributed by atoms with Crippen LogP contribution in [0.3, 0.4) is 0 Å². The lowest BCUT2D eigenvalue weighted by atomic mass is 10.0. The number of nitrogens with zero attached hydrogens (tertiary/aromatic N) is 2. The Morgan fingerprint density at radius 2 is 2.06 bits per heavy atom. The van der Waals surface area contributed by atoms with Gasteiger partial charge in [-0.25, -0.2) is 9.97 Å². The molecule has 1 atom stereocenters. The molecule has 3 N–H and O–H groups in total. The van der Waals surface area contributed by atoms with Gasteiger partial charge in [-0.2, -0.15) is 0 Å². The molecule has 4 nitrogen and oxygen atoms in total. The van der Waals surface area contributed by atoms with Gasteiger partial charge >= 0.3 is 0 Å². The highest BCUT2D eigenvalue weighted by atomic mass is 15.0. The van der Waals surface area contributed by atoms with Gasteiger partial charge in [-0.05, 0) is 11.5 Å². The number of nitrogen functional groups attached to an aromatic ring is 1. The molecule has 0 aliphatic rings. The molecule has 1 heterocycles. The second kappa shape index (κ2) is 5.30. The minimum atomic E-state index is 0.408. The van der Waals surface area contributed by atoms with Crippen molar-refractivity contribution in [3.05, 3.63) is 48.4 Å². The van der Waals surface area contributed by atoms with E-state index in [2.05, 4.69) is 34.3 Å². The van der Waals surface area contributed by atoms with Gasteiger partial charge in [-0.1, -0.05) is 37.3 Å². The molecule has 0 saturated carbocycles. The van der Waals surface area contributed by atoms with Crippen LogP contribution in [0.25, 0.3) is 0 Å². The molecule has 0 bridgehead atoms. The van der Waals surface area contributed by atoms with Crippen LogP contribution in [0.2, 0.25) is 0 Å². The Morgan fingerprint density at radius 3 is 2.76 bits per heavy atom. The molecular weight excluding hydrogens is 212 g/mol. The Balaban J connectivity index is 1.97. The van der Waals surface area contributed by atoms with E-state index >= 15 is 0 Å². The van der Waals surface area contributed by atoms with Crippen LogP contribution >= 0.6 is 0 Å². The van der Waals surface area contributed by atoms with Gasteiger partial charge in [-0.15, -0.1) is 0 Å². The lowest BCUT2D eigenvalue weighted by Gasteiger charge is -2.14. The van der Waals surface area contributed by atoms with Gasteiger partial charge in [0.25, 0.3) is 0 Å². The zero-order valence-corrected chi connectivity index (χ0v) is 9.80. The third-order valence-electron chi connectivity index (χ3n) is 2.68. The Bertz CT molecular complexity index is 470. The zero-order chi connectivity index (χ0) is 12.1. The monoisotopic (exact) mass is 228 g/mol. The number of nitrogens with one attached hydrogen (secondary N) is 1. The van der Waals surface area contributed by atoms with Crippen LogP contribution in [-0.2, 0) is 0 Å². The van der Waals surface area contributed by atoms with E-state index in [9.17, 15) is 0 Å². The van der Waals surface area contributed by atoms with Crippen molar-refractivity contribution in [2.24, 2.45) is 0 Å². The molecule has 0 fully saturated rings. The van der Waals surface area contributed by atoms with Crippen molar-refractivity contribution in [1.29, 1.82) is 0 Å². The van der Waals surface area contributed by atoms with E-state index in [1.165, 1.54) is 11.9 Å². The highest BCUT2D eigenvalue weighted by Gasteiger charge is 2.06. The molecule has 2 aromatic rings. The van der Waals surface area contributed by atoms with Crippen molar-refractivity contribution in [3.63, 3.8) is 0 Å². The molecule has 1 aromatic heterocycles. The summed E-state index contributed by atoms with van der Waals surface area (Å²) in [5.41, 5.74) is 7.63. The van der Waals surface area contributed by atoms with Gasteiger partial charge in [0.1, 0.15) is 6.33 Å². The van der Waals surface area contributed by atoms with Gasteiger partial charge in [0, 0.05) is 6.54 Å². The second-order valence-corrected chi connectivity index (χ2v) is 4.02. The number of benzene rings is 1. The molecule has 0 spiro atoms. The Kier molecular flexibility index (Phi) is 3.55. The first-order chi connectivity index (χ1) is 8.27. The standard InChI is InChI=1S/C13H16N4/c1-10(11-5-3-2-4-6-11)7-16-13-12(14)8-15-9-17-13/h2-6,8-10H,7,14H2,1H3,(H,15,16,17). The third-order valence-corrected chi connectivity index (χ3v) is 2.68. The quantitative estimate of drug-likeness (QED) is 0.842. The van der Waals surface area contributed by atoms with E-state index in [0.29, 0.717) is 17.4 Å². The third kappa shape index (κ3) is 2.93. The van der Waals surface area contributed by atoms with E-state index in [4.69, 9.17) is 5.73 Å². The Hall–Kier alpha value is -2.10. The minimum absolute atomic E-state index is 0.408. The smallest absolute Gasteiger partial charge is 0.152 e. The number of hydrogen-bond acceptors (Lipinski definition) is 4. The van der Waals surface area contributed by atoms with Crippen molar-refractivity contribution in [2.45, 2.75) is 12.8 Å². The Morgan fingerprint density at radius 1 is 1.29 bits per heavy atom. The van der Waals surface area contributed by atoms with Crippen LogP contribution in [0.5, 0.6) is 0 Å². The molecule has 4 heteroatoms. The molecule has 0 radical (unpaired) electrons. The number of aromatic nitrogens is 2. The van der Waals surface area contributed by atoms with Gasteiger partial charge in [0.15, 0.2) is 5.82 Å². The summed E-state index contributed by atoms with van der Waals surface area (Å²) in [4.78, 5) is 7.95. The molecule has 0 amide bonds. The Labute approximate surface area is 101 Å². The summed E-state index contributed by atoms with van der Waals surface area (Å²) in [6, 6.07) is 10.4. The summed E-state index contributed by atoms with van der Waals surface area (Å²) < 4.78 is 0. The van der Waals surface area contributed by atoms with Crippen molar-refractivity contribution >= 4 is 11.5 Å². The predicted molar refractivity (Wildman–Crippen MR) is 69.8 cm³/mol. The summed E-state index contributed by atoms with van der Waals surface area (Å²) in [6.45, 7) is 2.96. The summed E-state index contributed by atoms with van der Waals surface area (Å²) in [5.74, 6) is 1.10. The fourth-order valence-corrected chi connectivity index (χ4v) is 1.64. The molecule has 2 rings (SSSR count). The normalized spacial score (nSPS) is 12.1. The van der Waals surface area contributed by atoms with Gasteiger partial charge in [-0.3, -0.25) is 0 Å². The average molecular weight is 228 g/mol. The van der Waals surface area contributed by atoms with Crippen LogP contribution in [0.4, 0.5) is 11.5 Å². The van der Waals surface area contributed by atoms with Crippen molar-refractivity contribution in [1.82, 2.24) is 9.97 Å². The largest absolute Gasteiger partial charge is 0.394 e. The second-order valence-electron chi connectivity index (χ2n) is 4.02. The van der Waals surface area contributed by atoms with Crippen LogP contribution in [-0.4, -0.2) is 16.5 Å². The van der Waals surface area contributed by atoms with Gasteiger partial charge in [0.2, 0.25) is 0 Å². The molecule has 88 valence electrons. The fraction of sp³-hybridized carbons (Fsp3) is 0.231. The molecular formula is C13H16N4. The molecule has 1 unspecified atom stereocenters.